The number of nitrogens with zero attached hydrogens (tertiary/aromatic N) is 1. The van der Waals surface area contributed by atoms with Gasteiger partial charge in [0.1, 0.15) is 0 Å². The molecule has 13 heavy (non-hydrogen) atoms. The number of likely N-dealkylation sites (tertiary alicyclic amines) is 1. The van der Waals surface area contributed by atoms with Crippen LogP contribution in [0.1, 0.15) is 26.2 Å². The van der Waals surface area contributed by atoms with Gasteiger partial charge in [-0.25, -0.2) is 0 Å². The molecular weight excluding hydrogens is 164 g/mol. The molecule has 3 nitrogen and oxygen atoms in total. The normalized spacial score (nSPS) is 40.6. The molecule has 0 aromatic heterocycles. The molecule has 3 heteroatoms. The zero-order valence-electron chi connectivity index (χ0n) is 8.46. The van der Waals surface area contributed by atoms with Crippen molar-refractivity contribution in [3.8, 4) is 0 Å². The summed E-state index contributed by atoms with van der Waals surface area (Å²) in [6.45, 7) is 6.32. The van der Waals surface area contributed by atoms with Crippen LogP contribution in [0, 0.1) is 0 Å². The minimum atomic E-state index is 0.204. The van der Waals surface area contributed by atoms with Gasteiger partial charge in [-0.3, -0.25) is 4.90 Å². The maximum Gasteiger partial charge on any atom is 0.0666 e. The fourth-order valence-electron chi connectivity index (χ4n) is 2.74. The third-order valence-electron chi connectivity index (χ3n) is 3.55. The average molecular weight is 184 g/mol. The minimum Gasteiger partial charge on any atom is -0.379 e. The molecule has 2 aliphatic heterocycles. The number of rotatable bonds is 2. The molecule has 2 rings (SSSR count). The second-order valence-electron chi connectivity index (χ2n) is 4.29. The maximum atomic E-state index is 6.17. The van der Waals surface area contributed by atoms with E-state index >= 15 is 0 Å². The molecule has 2 N–H and O–H groups in total. The van der Waals surface area contributed by atoms with Crippen molar-refractivity contribution < 1.29 is 4.74 Å². The van der Waals surface area contributed by atoms with Crippen LogP contribution in [0.25, 0.3) is 0 Å². The summed E-state index contributed by atoms with van der Waals surface area (Å²) in [5.41, 5.74) is 6.38. The van der Waals surface area contributed by atoms with Crippen molar-refractivity contribution >= 4 is 0 Å². The molecule has 76 valence electrons. The van der Waals surface area contributed by atoms with E-state index < -0.39 is 0 Å². The molecule has 0 saturated carbocycles. The van der Waals surface area contributed by atoms with Crippen molar-refractivity contribution in [1.29, 1.82) is 0 Å². The van der Waals surface area contributed by atoms with E-state index in [1.807, 2.05) is 0 Å². The first-order chi connectivity index (χ1) is 6.29. The molecule has 2 unspecified atom stereocenters. The average Bonchev–Trinajstić information content (AvgIpc) is 2.70. The van der Waals surface area contributed by atoms with Gasteiger partial charge in [-0.05, 0) is 25.8 Å². The lowest BCUT2D eigenvalue weighted by Gasteiger charge is -2.36. The van der Waals surface area contributed by atoms with Crippen molar-refractivity contribution in [2.24, 2.45) is 5.73 Å². The van der Waals surface area contributed by atoms with E-state index in [4.69, 9.17) is 10.5 Å². The molecule has 0 aromatic carbocycles. The molecular formula is C10H20N2O. The molecule has 2 heterocycles. The second kappa shape index (κ2) is 3.56. The standard InChI is InChI=1S/C10H20N2O/c1-2-5-12-6-3-9(11)10(12)4-7-13-8-10/h9H,2-8,11H2,1H3. The van der Waals surface area contributed by atoms with Gasteiger partial charge >= 0.3 is 0 Å². The lowest BCUT2D eigenvalue weighted by molar-refractivity contribution is 0.0926. The highest BCUT2D eigenvalue weighted by Gasteiger charge is 2.48. The molecule has 0 aliphatic carbocycles. The van der Waals surface area contributed by atoms with E-state index in [-0.39, 0.29) is 5.54 Å². The quantitative estimate of drug-likeness (QED) is 0.682. The number of ether oxygens (including phenoxy) is 1. The highest BCUT2D eigenvalue weighted by Crippen LogP contribution is 2.35. The Morgan fingerprint density at radius 3 is 3.08 bits per heavy atom. The van der Waals surface area contributed by atoms with Crippen LogP contribution in [0.3, 0.4) is 0 Å². The van der Waals surface area contributed by atoms with Crippen molar-refractivity contribution in [2.75, 3.05) is 26.3 Å². The Hall–Kier alpha value is -0.120. The second-order valence-corrected chi connectivity index (χ2v) is 4.29. The van der Waals surface area contributed by atoms with Crippen LogP contribution < -0.4 is 5.73 Å². The van der Waals surface area contributed by atoms with E-state index in [1.165, 1.54) is 19.5 Å². The van der Waals surface area contributed by atoms with Gasteiger partial charge in [-0.15, -0.1) is 0 Å². The zero-order valence-corrected chi connectivity index (χ0v) is 8.46. The van der Waals surface area contributed by atoms with Crippen molar-refractivity contribution in [3.05, 3.63) is 0 Å². The van der Waals surface area contributed by atoms with Crippen molar-refractivity contribution in [2.45, 2.75) is 37.8 Å². The lowest BCUT2D eigenvalue weighted by Crippen LogP contribution is -2.54. The maximum absolute atomic E-state index is 6.17. The van der Waals surface area contributed by atoms with Crippen LogP contribution in [0.2, 0.25) is 0 Å². The van der Waals surface area contributed by atoms with Gasteiger partial charge < -0.3 is 10.5 Å². The van der Waals surface area contributed by atoms with E-state index in [0.29, 0.717) is 6.04 Å². The Morgan fingerprint density at radius 2 is 2.46 bits per heavy atom. The van der Waals surface area contributed by atoms with Crippen molar-refractivity contribution in [3.63, 3.8) is 0 Å². The highest BCUT2D eigenvalue weighted by atomic mass is 16.5. The van der Waals surface area contributed by atoms with Gasteiger partial charge in [0, 0.05) is 19.2 Å². The first kappa shape index (κ1) is 9.44. The molecule has 0 radical (unpaired) electrons. The van der Waals surface area contributed by atoms with E-state index in [9.17, 15) is 0 Å². The van der Waals surface area contributed by atoms with Crippen LogP contribution in [-0.2, 0) is 4.74 Å². The summed E-state index contributed by atoms with van der Waals surface area (Å²) in [6.07, 6.45) is 3.49. The number of hydrogen-bond donors (Lipinski definition) is 1. The highest BCUT2D eigenvalue weighted by molar-refractivity contribution is 5.06. The number of nitrogens with two attached hydrogens (primary N) is 1. The summed E-state index contributed by atoms with van der Waals surface area (Å²) in [4.78, 5) is 2.55. The Labute approximate surface area is 80.2 Å². The fraction of sp³-hybridized carbons (Fsp3) is 1.00. The summed E-state index contributed by atoms with van der Waals surface area (Å²) in [5.74, 6) is 0. The molecule has 2 fully saturated rings. The molecule has 2 aliphatic rings. The summed E-state index contributed by atoms with van der Waals surface area (Å²) >= 11 is 0. The number of hydrogen-bond acceptors (Lipinski definition) is 3. The Balaban J connectivity index is 2.10. The van der Waals surface area contributed by atoms with E-state index in [1.54, 1.807) is 0 Å². The van der Waals surface area contributed by atoms with Gasteiger partial charge in [-0.1, -0.05) is 6.92 Å². The Kier molecular flexibility index (Phi) is 2.58. The predicted octanol–water partition coefficient (Wildman–Crippen LogP) is 0.588. The van der Waals surface area contributed by atoms with Crippen LogP contribution >= 0.6 is 0 Å². The summed E-state index contributed by atoms with van der Waals surface area (Å²) < 4.78 is 5.51. The summed E-state index contributed by atoms with van der Waals surface area (Å²) in [7, 11) is 0. The Morgan fingerprint density at radius 1 is 1.62 bits per heavy atom. The fourth-order valence-corrected chi connectivity index (χ4v) is 2.74. The molecule has 2 atom stereocenters. The van der Waals surface area contributed by atoms with Gasteiger partial charge in [0.25, 0.3) is 0 Å². The summed E-state index contributed by atoms with van der Waals surface area (Å²) in [5, 5.41) is 0. The van der Waals surface area contributed by atoms with Crippen LogP contribution in [0.4, 0.5) is 0 Å². The largest absolute Gasteiger partial charge is 0.379 e. The summed E-state index contributed by atoms with van der Waals surface area (Å²) in [6, 6.07) is 0.335. The minimum absolute atomic E-state index is 0.204. The van der Waals surface area contributed by atoms with Crippen LogP contribution in [0.5, 0.6) is 0 Å². The third-order valence-corrected chi connectivity index (χ3v) is 3.55. The molecule has 0 amide bonds. The molecule has 2 saturated heterocycles. The van der Waals surface area contributed by atoms with Gasteiger partial charge in [0.15, 0.2) is 0 Å². The van der Waals surface area contributed by atoms with Gasteiger partial charge in [0.05, 0.1) is 12.1 Å². The first-order valence-corrected chi connectivity index (χ1v) is 5.38. The zero-order chi connectivity index (χ0) is 9.31. The topological polar surface area (TPSA) is 38.5 Å². The van der Waals surface area contributed by atoms with Crippen LogP contribution in [0.15, 0.2) is 0 Å². The van der Waals surface area contributed by atoms with Gasteiger partial charge in [0.2, 0.25) is 0 Å². The van der Waals surface area contributed by atoms with E-state index in [2.05, 4.69) is 11.8 Å². The third kappa shape index (κ3) is 1.39. The van der Waals surface area contributed by atoms with Crippen molar-refractivity contribution in [1.82, 2.24) is 4.90 Å². The van der Waals surface area contributed by atoms with E-state index in [0.717, 1.165) is 26.1 Å². The smallest absolute Gasteiger partial charge is 0.0666 e. The molecule has 0 bridgehead atoms. The predicted molar refractivity (Wildman–Crippen MR) is 52.6 cm³/mol. The lowest BCUT2D eigenvalue weighted by atomic mass is 9.91. The Bertz CT molecular complexity index is 176. The first-order valence-electron chi connectivity index (χ1n) is 5.38. The van der Waals surface area contributed by atoms with Crippen LogP contribution in [-0.4, -0.2) is 42.8 Å². The molecule has 0 aromatic rings. The molecule has 1 spiro atoms. The SMILES string of the molecule is CCCN1CCC(N)C12CCOC2. The van der Waals surface area contributed by atoms with Gasteiger partial charge in [-0.2, -0.15) is 0 Å². The monoisotopic (exact) mass is 184 g/mol.